The van der Waals surface area contributed by atoms with E-state index in [-0.39, 0.29) is 11.8 Å². The largest absolute Gasteiger partial charge is 0.348 e. The van der Waals surface area contributed by atoms with Gasteiger partial charge in [0.1, 0.15) is 5.15 Å². The maximum atomic E-state index is 12.2. The van der Waals surface area contributed by atoms with E-state index in [0.29, 0.717) is 17.3 Å². The molecule has 1 N–H and O–H groups in total. The maximum absolute atomic E-state index is 12.2. The minimum atomic E-state index is -0.156. The highest BCUT2D eigenvalue weighted by atomic mass is 79.9. The predicted molar refractivity (Wildman–Crippen MR) is 88.6 cm³/mol. The van der Waals surface area contributed by atoms with Crippen LogP contribution in [0.3, 0.4) is 0 Å². The first-order valence-corrected chi connectivity index (χ1v) is 7.83. The molecule has 0 aliphatic heterocycles. The van der Waals surface area contributed by atoms with Crippen molar-refractivity contribution in [3.8, 4) is 0 Å². The second kappa shape index (κ2) is 7.05. The first-order valence-electron chi connectivity index (χ1n) is 6.66. The van der Waals surface area contributed by atoms with Crippen molar-refractivity contribution in [3.63, 3.8) is 0 Å². The summed E-state index contributed by atoms with van der Waals surface area (Å²) in [6, 6.07) is 11.2. The molecular formula is C16H16BrClN2O. The van der Waals surface area contributed by atoms with E-state index in [0.717, 1.165) is 15.7 Å². The number of carbonyl (C=O) groups is 1. The van der Waals surface area contributed by atoms with Gasteiger partial charge in [-0.1, -0.05) is 59.6 Å². The number of carbonyl (C=O) groups excluding carboxylic acids is 1. The number of nitrogens with one attached hydrogen (secondary N) is 1. The topological polar surface area (TPSA) is 42.0 Å². The summed E-state index contributed by atoms with van der Waals surface area (Å²) < 4.78 is 0.973. The fraction of sp³-hybridized carbons (Fsp3) is 0.250. The van der Waals surface area contributed by atoms with Crippen molar-refractivity contribution < 1.29 is 4.79 Å². The first-order chi connectivity index (χ1) is 9.97. The summed E-state index contributed by atoms with van der Waals surface area (Å²) in [5, 5.41) is 3.23. The van der Waals surface area contributed by atoms with Gasteiger partial charge in [-0.05, 0) is 29.7 Å². The Morgan fingerprint density at radius 3 is 2.71 bits per heavy atom. The van der Waals surface area contributed by atoms with Crippen molar-refractivity contribution in [1.82, 2.24) is 10.3 Å². The van der Waals surface area contributed by atoms with Gasteiger partial charge in [-0.15, -0.1) is 0 Å². The third kappa shape index (κ3) is 4.29. The fourth-order valence-corrected chi connectivity index (χ4v) is 2.50. The van der Waals surface area contributed by atoms with Crippen molar-refractivity contribution in [3.05, 3.63) is 62.8 Å². The van der Waals surface area contributed by atoms with Gasteiger partial charge in [0, 0.05) is 22.3 Å². The van der Waals surface area contributed by atoms with Gasteiger partial charge in [-0.3, -0.25) is 4.79 Å². The third-order valence-electron chi connectivity index (χ3n) is 3.06. The van der Waals surface area contributed by atoms with E-state index >= 15 is 0 Å². The highest BCUT2D eigenvalue weighted by Crippen LogP contribution is 2.18. The summed E-state index contributed by atoms with van der Waals surface area (Å²) in [7, 11) is 0. The van der Waals surface area contributed by atoms with Crippen molar-refractivity contribution in [1.29, 1.82) is 0 Å². The molecule has 0 bridgehead atoms. The number of hydrogen-bond donors (Lipinski definition) is 1. The van der Waals surface area contributed by atoms with E-state index in [4.69, 9.17) is 11.6 Å². The Hall–Kier alpha value is -1.39. The lowest BCUT2D eigenvalue weighted by Crippen LogP contribution is -2.23. The summed E-state index contributed by atoms with van der Waals surface area (Å²) in [5.41, 5.74) is 2.37. The number of pyridine rings is 1. The summed E-state index contributed by atoms with van der Waals surface area (Å²) in [6.45, 7) is 4.49. The number of hydrogen-bond acceptors (Lipinski definition) is 2. The molecule has 1 aromatic carbocycles. The van der Waals surface area contributed by atoms with E-state index in [9.17, 15) is 4.79 Å². The highest BCUT2D eigenvalue weighted by molar-refractivity contribution is 9.10. The fourth-order valence-electron chi connectivity index (χ4n) is 1.86. The number of halogens is 2. The molecule has 0 aliphatic rings. The van der Waals surface area contributed by atoms with Crippen LogP contribution < -0.4 is 5.32 Å². The number of benzene rings is 1. The van der Waals surface area contributed by atoms with Gasteiger partial charge in [0.05, 0.1) is 0 Å². The van der Waals surface area contributed by atoms with Crippen LogP contribution in [0.25, 0.3) is 0 Å². The van der Waals surface area contributed by atoms with E-state index in [1.807, 2.05) is 38.1 Å². The molecule has 0 aliphatic carbocycles. The quantitative estimate of drug-likeness (QED) is 0.805. The number of amides is 1. The Labute approximate surface area is 137 Å². The van der Waals surface area contributed by atoms with E-state index in [1.54, 1.807) is 12.1 Å². The molecule has 0 fully saturated rings. The second-order valence-electron chi connectivity index (χ2n) is 5.03. The zero-order valence-electron chi connectivity index (χ0n) is 11.9. The summed E-state index contributed by atoms with van der Waals surface area (Å²) in [5.74, 6) is 0.0653. The SMILES string of the molecule is CC(C)c1cc(C(=O)NCc2ccccc2Br)cc(Cl)n1. The normalized spacial score (nSPS) is 10.7. The lowest BCUT2D eigenvalue weighted by Gasteiger charge is -2.10. The molecule has 3 nitrogen and oxygen atoms in total. The van der Waals surface area contributed by atoms with Crippen LogP contribution in [0.4, 0.5) is 0 Å². The van der Waals surface area contributed by atoms with Gasteiger partial charge in [-0.25, -0.2) is 4.98 Å². The van der Waals surface area contributed by atoms with Gasteiger partial charge >= 0.3 is 0 Å². The Morgan fingerprint density at radius 2 is 2.05 bits per heavy atom. The molecule has 110 valence electrons. The average molecular weight is 368 g/mol. The second-order valence-corrected chi connectivity index (χ2v) is 6.27. The van der Waals surface area contributed by atoms with Crippen LogP contribution in [-0.2, 0) is 6.54 Å². The smallest absolute Gasteiger partial charge is 0.251 e. The Kier molecular flexibility index (Phi) is 5.37. The minimum absolute atomic E-state index is 0.156. The monoisotopic (exact) mass is 366 g/mol. The standard InChI is InChI=1S/C16H16BrClN2O/c1-10(2)14-7-12(8-15(18)20-14)16(21)19-9-11-5-3-4-6-13(11)17/h3-8,10H,9H2,1-2H3,(H,19,21). The highest BCUT2D eigenvalue weighted by Gasteiger charge is 2.11. The molecule has 21 heavy (non-hydrogen) atoms. The van der Waals surface area contributed by atoms with Crippen LogP contribution in [0.5, 0.6) is 0 Å². The van der Waals surface area contributed by atoms with Crippen LogP contribution in [0.15, 0.2) is 40.9 Å². The van der Waals surface area contributed by atoms with Gasteiger partial charge in [-0.2, -0.15) is 0 Å². The predicted octanol–water partition coefficient (Wildman–Crippen LogP) is 4.55. The third-order valence-corrected chi connectivity index (χ3v) is 4.03. The zero-order valence-corrected chi connectivity index (χ0v) is 14.2. The molecule has 0 saturated carbocycles. The van der Waals surface area contributed by atoms with Crippen LogP contribution in [0.2, 0.25) is 5.15 Å². The molecule has 0 unspecified atom stereocenters. The van der Waals surface area contributed by atoms with E-state index in [1.165, 1.54) is 0 Å². The Morgan fingerprint density at radius 1 is 1.33 bits per heavy atom. The molecule has 0 atom stereocenters. The van der Waals surface area contributed by atoms with Crippen LogP contribution in [0, 0.1) is 0 Å². The van der Waals surface area contributed by atoms with E-state index < -0.39 is 0 Å². The van der Waals surface area contributed by atoms with Crippen LogP contribution in [0.1, 0.15) is 41.4 Å². The summed E-state index contributed by atoms with van der Waals surface area (Å²) in [4.78, 5) is 16.5. The zero-order chi connectivity index (χ0) is 15.4. The maximum Gasteiger partial charge on any atom is 0.251 e. The lowest BCUT2D eigenvalue weighted by molar-refractivity contribution is 0.0950. The number of rotatable bonds is 4. The summed E-state index contributed by atoms with van der Waals surface area (Å²) >= 11 is 9.44. The Bertz CT molecular complexity index is 658. The molecule has 0 radical (unpaired) electrons. The molecule has 0 saturated heterocycles. The number of nitrogens with zero attached hydrogens (tertiary/aromatic N) is 1. The van der Waals surface area contributed by atoms with E-state index in [2.05, 4.69) is 26.2 Å². The summed E-state index contributed by atoms with van der Waals surface area (Å²) in [6.07, 6.45) is 0. The van der Waals surface area contributed by atoms with Gasteiger partial charge < -0.3 is 5.32 Å². The lowest BCUT2D eigenvalue weighted by atomic mass is 10.1. The van der Waals surface area contributed by atoms with Crippen LogP contribution >= 0.6 is 27.5 Å². The van der Waals surface area contributed by atoms with Gasteiger partial charge in [0.2, 0.25) is 0 Å². The molecule has 2 aromatic rings. The molecular weight excluding hydrogens is 352 g/mol. The van der Waals surface area contributed by atoms with Crippen molar-refractivity contribution in [2.24, 2.45) is 0 Å². The van der Waals surface area contributed by atoms with Crippen molar-refractivity contribution in [2.45, 2.75) is 26.3 Å². The molecule has 5 heteroatoms. The molecule has 2 rings (SSSR count). The number of aromatic nitrogens is 1. The average Bonchev–Trinajstić information content (AvgIpc) is 2.45. The van der Waals surface area contributed by atoms with Crippen molar-refractivity contribution in [2.75, 3.05) is 0 Å². The molecule has 1 amide bonds. The van der Waals surface area contributed by atoms with Gasteiger partial charge in [0.25, 0.3) is 5.91 Å². The van der Waals surface area contributed by atoms with Gasteiger partial charge in [0.15, 0.2) is 0 Å². The Balaban J connectivity index is 2.12. The molecule has 1 aromatic heterocycles. The van der Waals surface area contributed by atoms with Crippen molar-refractivity contribution >= 4 is 33.4 Å². The van der Waals surface area contributed by atoms with Crippen LogP contribution in [-0.4, -0.2) is 10.9 Å². The molecule has 1 heterocycles. The first kappa shape index (κ1) is 16.0. The minimum Gasteiger partial charge on any atom is -0.348 e. The molecule has 0 spiro atoms.